The highest BCUT2D eigenvalue weighted by molar-refractivity contribution is 6.04. The third kappa shape index (κ3) is 3.43. The van der Waals surface area contributed by atoms with Gasteiger partial charge in [-0.1, -0.05) is 0 Å². The minimum absolute atomic E-state index is 0.151. The molecule has 29 heavy (non-hydrogen) atoms. The zero-order valence-corrected chi connectivity index (χ0v) is 16.7. The number of nitrogens with zero attached hydrogens (tertiary/aromatic N) is 1. The van der Waals surface area contributed by atoms with Gasteiger partial charge in [0.25, 0.3) is 5.69 Å². The number of ether oxygens (including phenoxy) is 3. The van der Waals surface area contributed by atoms with E-state index < -0.39 is 16.8 Å². The first-order valence-electron chi connectivity index (χ1n) is 9.06. The van der Waals surface area contributed by atoms with Crippen molar-refractivity contribution in [3.63, 3.8) is 0 Å². The number of carbonyl (C=O) groups excluding carboxylic acids is 2. The van der Waals surface area contributed by atoms with Gasteiger partial charge in [0.15, 0.2) is 17.3 Å². The third-order valence-corrected chi connectivity index (χ3v) is 5.22. The predicted octanol–water partition coefficient (Wildman–Crippen LogP) is 2.75. The monoisotopic (exact) mass is 402 g/mol. The van der Waals surface area contributed by atoms with Gasteiger partial charge in [-0.2, -0.15) is 0 Å². The van der Waals surface area contributed by atoms with E-state index >= 15 is 0 Å². The average molecular weight is 402 g/mol. The number of carbonyl (C=O) groups is 2. The molecule has 1 aliphatic heterocycles. The van der Waals surface area contributed by atoms with Crippen molar-refractivity contribution in [2.24, 2.45) is 0 Å². The van der Waals surface area contributed by atoms with Gasteiger partial charge in [0, 0.05) is 29.0 Å². The molecule has 0 amide bonds. The van der Waals surface area contributed by atoms with Crippen molar-refractivity contribution < 1.29 is 28.7 Å². The summed E-state index contributed by atoms with van der Waals surface area (Å²) in [7, 11) is 4.02. The fourth-order valence-corrected chi connectivity index (χ4v) is 3.95. The van der Waals surface area contributed by atoms with Crippen molar-refractivity contribution in [2.45, 2.75) is 32.1 Å². The highest BCUT2D eigenvalue weighted by Gasteiger charge is 2.42. The maximum Gasteiger partial charge on any atom is 0.336 e. The van der Waals surface area contributed by atoms with Crippen LogP contribution in [0.15, 0.2) is 34.7 Å². The quantitative estimate of drug-likeness (QED) is 0.454. The lowest BCUT2D eigenvalue weighted by molar-refractivity contribution is -0.385. The Balaban J connectivity index is 2.35. The normalized spacial score (nSPS) is 18.8. The van der Waals surface area contributed by atoms with E-state index in [0.29, 0.717) is 36.2 Å². The van der Waals surface area contributed by atoms with E-state index in [1.807, 2.05) is 0 Å². The Bertz CT molecular complexity index is 962. The molecule has 0 saturated heterocycles. The molecule has 9 heteroatoms. The lowest BCUT2D eigenvalue weighted by Crippen LogP contribution is -2.34. The van der Waals surface area contributed by atoms with Crippen molar-refractivity contribution in [2.75, 3.05) is 21.3 Å². The summed E-state index contributed by atoms with van der Waals surface area (Å²) in [4.78, 5) is 36.8. The van der Waals surface area contributed by atoms with Crippen LogP contribution >= 0.6 is 0 Å². The number of nitro groups is 1. The number of esters is 1. The Hall–Kier alpha value is -3.36. The Labute approximate surface area is 167 Å². The highest BCUT2D eigenvalue weighted by Crippen LogP contribution is 2.47. The zero-order valence-electron chi connectivity index (χ0n) is 16.7. The number of dihydropyridines is 1. The maximum atomic E-state index is 12.8. The summed E-state index contributed by atoms with van der Waals surface area (Å²) in [6.45, 7) is 1.69. The molecule has 0 spiro atoms. The summed E-state index contributed by atoms with van der Waals surface area (Å²) in [5.74, 6) is -1.30. The second kappa shape index (κ2) is 7.94. The molecule has 0 saturated carbocycles. The summed E-state index contributed by atoms with van der Waals surface area (Å²) in [6, 6.07) is 2.70. The number of hydrogen-bond acceptors (Lipinski definition) is 8. The second-order valence-electron chi connectivity index (χ2n) is 6.78. The molecule has 154 valence electrons. The number of allylic oxidation sites excluding steroid dienone is 3. The fraction of sp³-hybridized carbons (Fsp3) is 0.400. The molecule has 1 aromatic rings. The van der Waals surface area contributed by atoms with Crippen molar-refractivity contribution in [1.29, 1.82) is 0 Å². The standard InChI is InChI=1S/C20H22N2O7/c1-10-17(20(24)29-4)18(19-12(21-10)6-5-7-14(19)23)11-8-15(27-2)16(28-3)9-13(11)22(25)26/h8-9,18,21H,5-7H2,1-4H3/t18-/m1/s1. The van der Waals surface area contributed by atoms with Crippen LogP contribution in [0.1, 0.15) is 37.7 Å². The number of benzene rings is 1. The summed E-state index contributed by atoms with van der Waals surface area (Å²) >= 11 is 0. The summed E-state index contributed by atoms with van der Waals surface area (Å²) in [6.07, 6.45) is 1.60. The van der Waals surface area contributed by atoms with Gasteiger partial charge < -0.3 is 19.5 Å². The Morgan fingerprint density at radius 3 is 2.41 bits per heavy atom. The number of ketones is 1. The van der Waals surface area contributed by atoms with Crippen LogP contribution in [0.4, 0.5) is 5.69 Å². The van der Waals surface area contributed by atoms with Crippen LogP contribution in [0, 0.1) is 10.1 Å². The summed E-state index contributed by atoms with van der Waals surface area (Å²) in [5.41, 5.74) is 1.61. The molecule has 0 fully saturated rings. The van der Waals surface area contributed by atoms with Crippen molar-refractivity contribution in [3.8, 4) is 11.5 Å². The number of nitrogens with one attached hydrogen (secondary N) is 1. The van der Waals surface area contributed by atoms with Crippen LogP contribution in [0.25, 0.3) is 0 Å². The number of hydrogen-bond donors (Lipinski definition) is 1. The molecule has 1 heterocycles. The average Bonchev–Trinajstić information content (AvgIpc) is 2.71. The molecule has 9 nitrogen and oxygen atoms in total. The predicted molar refractivity (Wildman–Crippen MR) is 103 cm³/mol. The fourth-order valence-electron chi connectivity index (χ4n) is 3.95. The number of methoxy groups -OCH3 is 3. The van der Waals surface area contributed by atoms with Gasteiger partial charge in [0.2, 0.25) is 0 Å². The molecule has 3 rings (SSSR count). The summed E-state index contributed by atoms with van der Waals surface area (Å²) < 4.78 is 15.4. The lowest BCUT2D eigenvalue weighted by atomic mass is 9.74. The van der Waals surface area contributed by atoms with Crippen molar-refractivity contribution >= 4 is 17.4 Å². The molecular weight excluding hydrogens is 380 g/mol. The van der Waals surface area contributed by atoms with E-state index in [1.165, 1.54) is 33.5 Å². The van der Waals surface area contributed by atoms with E-state index in [-0.39, 0.29) is 34.1 Å². The van der Waals surface area contributed by atoms with Crippen LogP contribution in [0.2, 0.25) is 0 Å². The molecule has 1 aromatic carbocycles. The first-order chi connectivity index (χ1) is 13.8. The van der Waals surface area contributed by atoms with E-state index in [0.717, 1.165) is 0 Å². The minimum atomic E-state index is -0.938. The molecule has 1 N–H and O–H groups in total. The minimum Gasteiger partial charge on any atom is -0.493 e. The van der Waals surface area contributed by atoms with Gasteiger partial charge in [-0.25, -0.2) is 4.79 Å². The Kier molecular flexibility index (Phi) is 5.58. The van der Waals surface area contributed by atoms with Crippen LogP contribution in [-0.2, 0) is 14.3 Å². The summed E-state index contributed by atoms with van der Waals surface area (Å²) in [5, 5.41) is 15.0. The molecule has 0 unspecified atom stereocenters. The van der Waals surface area contributed by atoms with E-state index in [1.54, 1.807) is 6.92 Å². The number of Topliss-reactive ketones (excluding diaryl/α,β-unsaturated/α-hetero) is 1. The molecule has 0 aromatic heterocycles. The zero-order chi connectivity index (χ0) is 21.3. The van der Waals surface area contributed by atoms with Crippen LogP contribution in [-0.4, -0.2) is 38.0 Å². The van der Waals surface area contributed by atoms with E-state index in [2.05, 4.69) is 5.32 Å². The van der Waals surface area contributed by atoms with Gasteiger partial charge in [0.05, 0.1) is 43.8 Å². The number of nitro benzene ring substituents is 1. The SMILES string of the molecule is COC(=O)C1=C(C)NC2=C(C(=O)CCC2)[C@@H]1c1cc(OC)c(OC)cc1[N+](=O)[O-]. The van der Waals surface area contributed by atoms with Crippen LogP contribution < -0.4 is 14.8 Å². The highest BCUT2D eigenvalue weighted by atomic mass is 16.6. The van der Waals surface area contributed by atoms with Crippen LogP contribution in [0.5, 0.6) is 11.5 Å². The first kappa shape index (κ1) is 20.4. The molecular formula is C20H22N2O7. The first-order valence-corrected chi connectivity index (χ1v) is 9.06. The lowest BCUT2D eigenvalue weighted by Gasteiger charge is -2.33. The van der Waals surface area contributed by atoms with Gasteiger partial charge >= 0.3 is 5.97 Å². The largest absolute Gasteiger partial charge is 0.493 e. The Morgan fingerprint density at radius 1 is 1.17 bits per heavy atom. The van der Waals surface area contributed by atoms with Gasteiger partial charge in [0.1, 0.15) is 0 Å². The van der Waals surface area contributed by atoms with Crippen LogP contribution in [0.3, 0.4) is 0 Å². The number of rotatable bonds is 5. The van der Waals surface area contributed by atoms with Gasteiger partial charge in [-0.3, -0.25) is 14.9 Å². The molecule has 1 aliphatic carbocycles. The molecule has 1 atom stereocenters. The van der Waals surface area contributed by atoms with Gasteiger partial charge in [-0.05, 0) is 25.8 Å². The van der Waals surface area contributed by atoms with E-state index in [4.69, 9.17) is 14.2 Å². The van der Waals surface area contributed by atoms with Gasteiger partial charge in [-0.15, -0.1) is 0 Å². The molecule has 0 radical (unpaired) electrons. The maximum absolute atomic E-state index is 12.8. The van der Waals surface area contributed by atoms with Crippen molar-refractivity contribution in [1.82, 2.24) is 5.32 Å². The molecule has 0 bridgehead atoms. The smallest absolute Gasteiger partial charge is 0.336 e. The van der Waals surface area contributed by atoms with Crippen molar-refractivity contribution in [3.05, 3.63) is 50.4 Å². The topological polar surface area (TPSA) is 117 Å². The second-order valence-corrected chi connectivity index (χ2v) is 6.78. The van der Waals surface area contributed by atoms with E-state index in [9.17, 15) is 19.7 Å². The third-order valence-electron chi connectivity index (χ3n) is 5.22. The Morgan fingerprint density at radius 2 is 1.83 bits per heavy atom. The molecule has 2 aliphatic rings.